The van der Waals surface area contributed by atoms with E-state index in [-0.39, 0.29) is 10.9 Å². The smallest absolute Gasteiger partial charge is 0.219 e. The Morgan fingerprint density at radius 3 is 2.00 bits per heavy atom. The summed E-state index contributed by atoms with van der Waals surface area (Å²) in [7, 11) is 0. The van der Waals surface area contributed by atoms with Gasteiger partial charge in [0.15, 0.2) is 5.78 Å². The van der Waals surface area contributed by atoms with Crippen LogP contribution in [-0.2, 0) is 4.79 Å². The molecule has 0 saturated heterocycles. The predicted octanol–water partition coefficient (Wildman–Crippen LogP) is 5.54. The zero-order chi connectivity index (χ0) is 16.8. The van der Waals surface area contributed by atoms with Crippen molar-refractivity contribution in [1.29, 1.82) is 0 Å². The van der Waals surface area contributed by atoms with Crippen molar-refractivity contribution in [2.75, 3.05) is 5.75 Å². The third-order valence-electron chi connectivity index (χ3n) is 3.10. The van der Waals surface area contributed by atoms with Gasteiger partial charge in [0.2, 0.25) is 5.12 Å². The van der Waals surface area contributed by atoms with Crippen LogP contribution in [0, 0.1) is 0 Å². The maximum Gasteiger partial charge on any atom is 0.219 e. The summed E-state index contributed by atoms with van der Waals surface area (Å²) in [4.78, 5) is 23.9. The van der Waals surface area contributed by atoms with Gasteiger partial charge in [0.25, 0.3) is 0 Å². The van der Waals surface area contributed by atoms with E-state index in [1.54, 1.807) is 42.5 Å². The van der Waals surface area contributed by atoms with Gasteiger partial charge in [0.1, 0.15) is 0 Å². The van der Waals surface area contributed by atoms with E-state index in [0.29, 0.717) is 26.9 Å². The Balaban J connectivity index is 2.08. The normalized spacial score (nSPS) is 11.3. The largest absolute Gasteiger partial charge is 0.295 e. The number of hydrogen-bond acceptors (Lipinski definition) is 3. The first kappa shape index (κ1) is 17.8. The maximum atomic E-state index is 12.1. The van der Waals surface area contributed by atoms with Crippen molar-refractivity contribution in [2.24, 2.45) is 0 Å². The topological polar surface area (TPSA) is 34.1 Å². The number of carbonyl (C=O) groups excluding carboxylic acids is 2. The molecule has 0 aliphatic heterocycles. The quantitative estimate of drug-likeness (QED) is 0.653. The molecule has 0 N–H and O–H groups in total. The van der Waals surface area contributed by atoms with Gasteiger partial charge in [0.05, 0.1) is 0 Å². The molecule has 2 aromatic carbocycles. The Morgan fingerprint density at radius 2 is 1.48 bits per heavy atom. The van der Waals surface area contributed by atoms with E-state index in [9.17, 15) is 9.59 Å². The zero-order valence-electron chi connectivity index (χ0n) is 12.4. The van der Waals surface area contributed by atoms with Crippen LogP contribution in [0.1, 0.15) is 22.8 Å². The summed E-state index contributed by atoms with van der Waals surface area (Å²) in [6.07, 6.45) is 1.78. The van der Waals surface area contributed by atoms with Gasteiger partial charge >= 0.3 is 0 Å². The van der Waals surface area contributed by atoms with E-state index < -0.39 is 0 Å². The molecule has 2 rings (SSSR count). The number of halogens is 2. The Bertz CT molecular complexity index is 735. The number of benzene rings is 2. The number of carbonyl (C=O) groups is 2. The van der Waals surface area contributed by atoms with Crippen LogP contribution in [0.3, 0.4) is 0 Å². The first-order valence-corrected chi connectivity index (χ1v) is 8.59. The first-order valence-electron chi connectivity index (χ1n) is 6.85. The molecule has 118 valence electrons. The molecule has 0 bridgehead atoms. The number of ketones is 1. The fourth-order valence-corrected chi connectivity index (χ4v) is 2.95. The molecule has 5 heteroatoms. The number of thioether (sulfide) groups is 1. The van der Waals surface area contributed by atoms with Crippen LogP contribution in [0.5, 0.6) is 0 Å². The molecule has 0 heterocycles. The fraction of sp³-hybridized carbons (Fsp3) is 0.111. The zero-order valence-corrected chi connectivity index (χ0v) is 14.7. The molecule has 0 unspecified atom stereocenters. The van der Waals surface area contributed by atoms with Crippen LogP contribution >= 0.6 is 35.0 Å². The van der Waals surface area contributed by atoms with Crippen LogP contribution in [0.15, 0.2) is 54.1 Å². The first-order chi connectivity index (χ1) is 11.0. The van der Waals surface area contributed by atoms with Crippen molar-refractivity contribution in [3.63, 3.8) is 0 Å². The molecule has 0 spiro atoms. The lowest BCUT2D eigenvalue weighted by atomic mass is 10.1. The summed E-state index contributed by atoms with van der Waals surface area (Å²) in [5.41, 5.74) is 2.02. The minimum Gasteiger partial charge on any atom is -0.295 e. The summed E-state index contributed by atoms with van der Waals surface area (Å²) >= 11 is 12.7. The Kier molecular flexibility index (Phi) is 6.46. The molecular weight excluding hydrogens is 351 g/mol. The van der Waals surface area contributed by atoms with E-state index in [0.717, 1.165) is 17.3 Å². The lowest BCUT2D eigenvalue weighted by Crippen LogP contribution is -2.03. The molecule has 0 fully saturated rings. The molecule has 0 aliphatic carbocycles. The van der Waals surface area contributed by atoms with Crippen LogP contribution in [0.25, 0.3) is 6.08 Å². The van der Waals surface area contributed by atoms with Crippen molar-refractivity contribution in [2.45, 2.75) is 6.92 Å². The lowest BCUT2D eigenvalue weighted by molar-refractivity contribution is -0.113. The van der Waals surface area contributed by atoms with E-state index in [4.69, 9.17) is 23.2 Å². The minimum atomic E-state index is -0.0927. The van der Waals surface area contributed by atoms with Crippen LogP contribution < -0.4 is 0 Å². The van der Waals surface area contributed by atoms with Gasteiger partial charge in [-0.25, -0.2) is 0 Å². The van der Waals surface area contributed by atoms with Gasteiger partial charge < -0.3 is 0 Å². The summed E-state index contributed by atoms with van der Waals surface area (Å²) in [6, 6.07) is 13.9. The summed E-state index contributed by atoms with van der Waals surface area (Å²) in [5, 5.41) is 1.13. The van der Waals surface area contributed by atoms with Gasteiger partial charge in [-0.1, -0.05) is 47.1 Å². The van der Waals surface area contributed by atoms with E-state index >= 15 is 0 Å². The van der Waals surface area contributed by atoms with Crippen molar-refractivity contribution in [3.05, 3.63) is 75.3 Å². The summed E-state index contributed by atoms with van der Waals surface area (Å²) in [6.45, 7) is 1.50. The number of rotatable bonds is 5. The van der Waals surface area contributed by atoms with Gasteiger partial charge in [-0.15, -0.1) is 0 Å². The molecule has 0 amide bonds. The SMILES string of the molecule is CC(=O)/C(=C/c1ccc(Cl)cc1)CSC(=O)c1ccc(Cl)cc1. The van der Waals surface area contributed by atoms with Crippen LogP contribution in [0.4, 0.5) is 0 Å². The van der Waals surface area contributed by atoms with Crippen molar-refractivity contribution in [1.82, 2.24) is 0 Å². The molecule has 0 atom stereocenters. The van der Waals surface area contributed by atoms with Crippen molar-refractivity contribution >= 4 is 51.9 Å². The predicted molar refractivity (Wildman–Crippen MR) is 98.4 cm³/mol. The molecule has 0 aromatic heterocycles. The van der Waals surface area contributed by atoms with Crippen LogP contribution in [-0.4, -0.2) is 16.7 Å². The van der Waals surface area contributed by atoms with Crippen molar-refractivity contribution < 1.29 is 9.59 Å². The van der Waals surface area contributed by atoms with Crippen LogP contribution in [0.2, 0.25) is 10.0 Å². The maximum absolute atomic E-state index is 12.1. The highest BCUT2D eigenvalue weighted by atomic mass is 35.5. The monoisotopic (exact) mass is 364 g/mol. The van der Waals surface area contributed by atoms with Crippen molar-refractivity contribution in [3.8, 4) is 0 Å². The molecule has 2 aromatic rings. The van der Waals surface area contributed by atoms with E-state index in [1.807, 2.05) is 12.1 Å². The molecule has 0 radical (unpaired) electrons. The van der Waals surface area contributed by atoms with Gasteiger partial charge in [0, 0.05) is 26.9 Å². The second-order valence-electron chi connectivity index (χ2n) is 4.86. The second-order valence-corrected chi connectivity index (χ2v) is 6.68. The molecular formula is C18H14Cl2O2S. The number of Topliss-reactive ketones (excluding diaryl/α,β-unsaturated/α-hetero) is 1. The summed E-state index contributed by atoms with van der Waals surface area (Å²) in [5.74, 6) is 0.260. The lowest BCUT2D eigenvalue weighted by Gasteiger charge is -2.04. The van der Waals surface area contributed by atoms with Gasteiger partial charge in [-0.2, -0.15) is 0 Å². The fourth-order valence-electron chi connectivity index (χ4n) is 1.82. The third kappa shape index (κ3) is 5.54. The highest BCUT2D eigenvalue weighted by Crippen LogP contribution is 2.20. The highest BCUT2D eigenvalue weighted by molar-refractivity contribution is 8.14. The van der Waals surface area contributed by atoms with E-state index in [2.05, 4.69) is 0 Å². The van der Waals surface area contributed by atoms with Gasteiger partial charge in [-0.3, -0.25) is 9.59 Å². The Morgan fingerprint density at radius 1 is 0.957 bits per heavy atom. The standard InChI is InChI=1S/C18H14Cl2O2S/c1-12(21)15(10-13-2-6-16(19)7-3-13)11-23-18(22)14-4-8-17(20)9-5-14/h2-10H,11H2,1H3/b15-10+. The number of hydrogen-bond donors (Lipinski definition) is 0. The molecule has 2 nitrogen and oxygen atoms in total. The second kappa shape index (κ2) is 8.34. The summed E-state index contributed by atoms with van der Waals surface area (Å²) < 4.78 is 0. The molecule has 0 aliphatic rings. The average Bonchev–Trinajstić information content (AvgIpc) is 2.53. The minimum absolute atomic E-state index is 0.0589. The van der Waals surface area contributed by atoms with Gasteiger partial charge in [-0.05, 0) is 55.0 Å². The van der Waals surface area contributed by atoms with E-state index in [1.165, 1.54) is 6.92 Å². The third-order valence-corrected chi connectivity index (χ3v) is 4.56. The highest BCUT2D eigenvalue weighted by Gasteiger charge is 2.11. The molecule has 0 saturated carbocycles. The Hall–Kier alpha value is -1.55. The molecule has 23 heavy (non-hydrogen) atoms. The average molecular weight is 365 g/mol. The Labute approximate surface area is 149 Å².